The Morgan fingerprint density at radius 1 is 1.26 bits per heavy atom. The van der Waals surface area contributed by atoms with Crippen molar-refractivity contribution in [2.75, 3.05) is 13.1 Å². The highest BCUT2D eigenvalue weighted by atomic mass is 35.5. The van der Waals surface area contributed by atoms with E-state index in [1.807, 2.05) is 13.8 Å². The Kier molecular flexibility index (Phi) is 8.38. The zero-order chi connectivity index (χ0) is 27.6. The highest BCUT2D eigenvalue weighted by Gasteiger charge is 2.32. The van der Waals surface area contributed by atoms with E-state index in [1.54, 1.807) is 35.9 Å². The summed E-state index contributed by atoms with van der Waals surface area (Å²) >= 11 is 6.05. The summed E-state index contributed by atoms with van der Waals surface area (Å²) in [6, 6.07) is 8.63. The van der Waals surface area contributed by atoms with Crippen molar-refractivity contribution in [3.63, 3.8) is 0 Å². The summed E-state index contributed by atoms with van der Waals surface area (Å²) in [4.78, 5) is 40.9. The van der Waals surface area contributed by atoms with Gasteiger partial charge in [0.05, 0.1) is 6.04 Å². The highest BCUT2D eigenvalue weighted by Crippen LogP contribution is 2.39. The molecule has 2 heterocycles. The van der Waals surface area contributed by atoms with Gasteiger partial charge in [-0.05, 0) is 62.9 Å². The Bertz CT molecular complexity index is 1450. The minimum atomic E-state index is -1.31. The van der Waals surface area contributed by atoms with Gasteiger partial charge in [-0.1, -0.05) is 37.6 Å². The normalized spacial score (nSPS) is 16.9. The number of carboxylic acid groups (broad SMARTS) is 1. The summed E-state index contributed by atoms with van der Waals surface area (Å²) in [5.41, 5.74) is -0.405. The molecule has 0 bridgehead atoms. The Morgan fingerprint density at radius 2 is 2.03 bits per heavy atom. The van der Waals surface area contributed by atoms with Crippen molar-refractivity contribution < 1.29 is 19.0 Å². The number of nitrogens with zero attached hydrogens (tertiary/aromatic N) is 2. The van der Waals surface area contributed by atoms with Crippen LogP contribution >= 0.6 is 11.6 Å². The summed E-state index contributed by atoms with van der Waals surface area (Å²) in [6.07, 6.45) is 3.68. The van der Waals surface area contributed by atoms with Crippen LogP contribution in [0.1, 0.15) is 66.7 Å². The maximum atomic E-state index is 16.2. The maximum absolute atomic E-state index is 16.2. The van der Waals surface area contributed by atoms with Crippen molar-refractivity contribution in [3.8, 4) is 11.5 Å². The lowest BCUT2D eigenvalue weighted by Gasteiger charge is -2.40. The molecule has 0 radical (unpaired) electrons. The van der Waals surface area contributed by atoms with Crippen molar-refractivity contribution in [1.29, 1.82) is 0 Å². The van der Waals surface area contributed by atoms with Gasteiger partial charge in [-0.15, -0.1) is 0 Å². The number of H-pyrrole nitrogens is 1. The van der Waals surface area contributed by atoms with Crippen molar-refractivity contribution in [1.82, 2.24) is 14.5 Å². The first-order chi connectivity index (χ1) is 18.0. The van der Waals surface area contributed by atoms with Gasteiger partial charge in [0.2, 0.25) is 0 Å². The maximum Gasteiger partial charge on any atom is 0.339 e. The molecule has 0 spiro atoms. The number of aromatic nitrogens is 2. The van der Waals surface area contributed by atoms with Crippen LogP contribution in [-0.4, -0.2) is 38.6 Å². The van der Waals surface area contributed by atoms with Gasteiger partial charge < -0.3 is 9.84 Å². The van der Waals surface area contributed by atoms with Crippen molar-refractivity contribution in [2.24, 2.45) is 5.92 Å². The van der Waals surface area contributed by atoms with Crippen LogP contribution in [-0.2, 0) is 0 Å². The predicted molar refractivity (Wildman–Crippen MR) is 143 cm³/mol. The lowest BCUT2D eigenvalue weighted by molar-refractivity contribution is 0.0692. The highest BCUT2D eigenvalue weighted by molar-refractivity contribution is 6.30. The van der Waals surface area contributed by atoms with Crippen molar-refractivity contribution in [2.45, 2.75) is 52.1 Å². The van der Waals surface area contributed by atoms with E-state index in [9.17, 15) is 19.5 Å². The number of aryl methyl sites for hydroxylation is 1. The molecule has 3 aromatic rings. The second-order valence-electron chi connectivity index (χ2n) is 10.1. The van der Waals surface area contributed by atoms with E-state index in [-0.39, 0.29) is 35.1 Å². The number of carbonyl (C=O) groups is 1. The van der Waals surface area contributed by atoms with Crippen LogP contribution in [0.15, 0.2) is 52.2 Å². The van der Waals surface area contributed by atoms with E-state index < -0.39 is 23.0 Å². The van der Waals surface area contributed by atoms with E-state index in [0.29, 0.717) is 35.7 Å². The third-order valence-electron chi connectivity index (χ3n) is 6.84. The van der Waals surface area contributed by atoms with Gasteiger partial charge in [-0.25, -0.2) is 14.0 Å². The topological polar surface area (TPSA) is 105 Å². The first kappa shape index (κ1) is 27.6. The third kappa shape index (κ3) is 6.00. The average molecular weight is 544 g/mol. The Balaban J connectivity index is 1.74. The Hall–Kier alpha value is -3.43. The number of rotatable bonds is 8. The number of nitrogens with one attached hydrogen (secondary N) is 1. The summed E-state index contributed by atoms with van der Waals surface area (Å²) in [6.45, 7) is 6.87. The third-order valence-corrected chi connectivity index (χ3v) is 7.07. The number of likely N-dealkylation sites (tertiary alicyclic amines) is 1. The fraction of sp³-hybridized carbons (Fsp3) is 0.393. The zero-order valence-corrected chi connectivity index (χ0v) is 22.3. The Morgan fingerprint density at radius 3 is 2.71 bits per heavy atom. The molecule has 1 saturated heterocycles. The second-order valence-corrected chi connectivity index (χ2v) is 10.6. The van der Waals surface area contributed by atoms with Crippen LogP contribution in [0, 0.1) is 18.7 Å². The molecule has 4 rings (SSSR count). The van der Waals surface area contributed by atoms with E-state index >= 15 is 4.39 Å². The van der Waals surface area contributed by atoms with Crippen LogP contribution in [0.25, 0.3) is 0 Å². The molecule has 2 N–H and O–H groups in total. The number of piperidine rings is 1. The van der Waals surface area contributed by atoms with E-state index in [2.05, 4.69) is 9.88 Å². The number of halogens is 2. The fourth-order valence-corrected chi connectivity index (χ4v) is 5.20. The monoisotopic (exact) mass is 543 g/mol. The van der Waals surface area contributed by atoms with Crippen LogP contribution < -0.4 is 16.0 Å². The molecular weight excluding hydrogens is 513 g/mol. The molecule has 2 atom stereocenters. The fourth-order valence-electron chi connectivity index (χ4n) is 5.02. The summed E-state index contributed by atoms with van der Waals surface area (Å²) in [5.74, 6) is -1.99. The summed E-state index contributed by atoms with van der Waals surface area (Å²) in [5, 5.41) is 10.1. The molecule has 1 fully saturated rings. The predicted octanol–water partition coefficient (Wildman–Crippen LogP) is 5.55. The molecule has 0 amide bonds. The summed E-state index contributed by atoms with van der Waals surface area (Å²) < 4.78 is 23.5. The molecular formula is C28H31ClFN3O5. The zero-order valence-electron chi connectivity index (χ0n) is 21.5. The van der Waals surface area contributed by atoms with Crippen LogP contribution in [0.5, 0.6) is 11.5 Å². The number of carboxylic acids is 1. The van der Waals surface area contributed by atoms with Crippen molar-refractivity contribution >= 4 is 17.6 Å². The molecule has 1 aromatic heterocycles. The van der Waals surface area contributed by atoms with Gasteiger partial charge in [0, 0.05) is 34.9 Å². The van der Waals surface area contributed by atoms with Crippen LogP contribution in [0.2, 0.25) is 5.02 Å². The molecule has 10 heteroatoms. The lowest BCUT2D eigenvalue weighted by atomic mass is 9.91. The molecule has 0 aliphatic carbocycles. The van der Waals surface area contributed by atoms with Gasteiger partial charge in [-0.2, -0.15) is 0 Å². The van der Waals surface area contributed by atoms with E-state index in [4.69, 9.17) is 16.3 Å². The number of ether oxygens (including phenoxy) is 1. The van der Waals surface area contributed by atoms with Gasteiger partial charge >= 0.3 is 11.7 Å². The van der Waals surface area contributed by atoms with Crippen LogP contribution in [0.4, 0.5) is 4.39 Å². The number of aromatic amines is 1. The van der Waals surface area contributed by atoms with Gasteiger partial charge in [0.1, 0.15) is 11.3 Å². The molecule has 0 unspecified atom stereocenters. The SMILES string of the molecule is Cc1cn([C@H]2CCCN([C@H](CC(C)C)c3ccc(C(=O)O)c(Oc4cccc(Cl)c4)c3F)C2)c(=O)[nH]c1=O. The first-order valence-electron chi connectivity index (χ1n) is 12.6. The molecule has 1 aliphatic heterocycles. The van der Waals surface area contributed by atoms with Crippen LogP contribution in [0.3, 0.4) is 0 Å². The molecule has 2 aromatic carbocycles. The second kappa shape index (κ2) is 11.5. The van der Waals surface area contributed by atoms with E-state index in [0.717, 1.165) is 12.8 Å². The lowest BCUT2D eigenvalue weighted by Crippen LogP contribution is -2.43. The minimum absolute atomic E-state index is 0.203. The molecule has 0 saturated carbocycles. The minimum Gasteiger partial charge on any atom is -0.478 e. The largest absolute Gasteiger partial charge is 0.478 e. The molecule has 202 valence electrons. The molecule has 1 aliphatic rings. The number of hydrogen-bond acceptors (Lipinski definition) is 5. The van der Waals surface area contributed by atoms with E-state index in [1.165, 1.54) is 18.2 Å². The van der Waals surface area contributed by atoms with Gasteiger partial charge in [0.15, 0.2) is 11.6 Å². The first-order valence-corrected chi connectivity index (χ1v) is 13.0. The van der Waals surface area contributed by atoms with Gasteiger partial charge in [0.25, 0.3) is 5.56 Å². The van der Waals surface area contributed by atoms with Crippen molar-refractivity contribution in [3.05, 3.63) is 91.0 Å². The average Bonchev–Trinajstić information content (AvgIpc) is 2.86. The number of hydrogen-bond donors (Lipinski definition) is 2. The standard InChI is InChI=1S/C28H31ClFN3O5/c1-16(2)12-23(32-11-5-7-19(15-32)33-14-17(3)26(34)31-28(33)37)21-9-10-22(27(35)36)25(24(21)30)38-20-8-4-6-18(29)13-20/h4,6,8-10,13-14,16,19,23H,5,7,11-12,15H2,1-3H3,(H,35,36)(H,31,34,37)/t19-,23+/m0/s1. The number of aromatic carboxylic acids is 1. The molecule has 8 nitrogen and oxygen atoms in total. The quantitative estimate of drug-likeness (QED) is 0.386. The summed E-state index contributed by atoms with van der Waals surface area (Å²) in [7, 11) is 0. The molecule has 38 heavy (non-hydrogen) atoms. The Labute approximate surface area is 224 Å². The van der Waals surface area contributed by atoms with Gasteiger partial charge in [-0.3, -0.25) is 19.2 Å². The smallest absolute Gasteiger partial charge is 0.339 e. The number of benzene rings is 2.